The quantitative estimate of drug-likeness (QED) is 0.235. The largest absolute Gasteiger partial charge is 0.481 e. The number of ether oxygens (including phenoxy) is 1. The van der Waals surface area contributed by atoms with Gasteiger partial charge < -0.3 is 25.0 Å². The molecule has 3 aromatic heterocycles. The number of carbonyl (C=O) groups excluding carboxylic acids is 2. The van der Waals surface area contributed by atoms with Crippen molar-refractivity contribution in [1.82, 2.24) is 24.8 Å². The maximum Gasteiger partial charge on any atom is 0.328 e. The minimum atomic E-state index is -1.29. The minimum absolute atomic E-state index is 0.144. The van der Waals surface area contributed by atoms with Crippen molar-refractivity contribution in [1.29, 1.82) is 0 Å². The summed E-state index contributed by atoms with van der Waals surface area (Å²) in [5, 5.41) is 15.5. The van der Waals surface area contributed by atoms with Crippen LogP contribution in [0.4, 0.5) is 5.82 Å². The lowest BCUT2D eigenvalue weighted by atomic mass is 9.93. The SMILES string of the molecule is COc1nc(NC(=O)C(C)(C)NC(=O)c2ccc3c(C4CCCC4)c(-c4cnccn4)n(C)c3c2)ccc1/C=C/C(=O)O. The fourth-order valence-corrected chi connectivity index (χ4v) is 5.62. The molecule has 0 unspecified atom stereocenters. The summed E-state index contributed by atoms with van der Waals surface area (Å²) in [6, 6.07) is 8.74. The number of carboxylic acid groups (broad SMARTS) is 1. The molecule has 1 fully saturated rings. The van der Waals surface area contributed by atoms with E-state index in [0.29, 0.717) is 17.0 Å². The molecule has 222 valence electrons. The van der Waals surface area contributed by atoms with Crippen LogP contribution in [0.25, 0.3) is 28.4 Å². The zero-order chi connectivity index (χ0) is 30.7. The summed E-state index contributed by atoms with van der Waals surface area (Å²) in [5.74, 6) is -1.24. The third-order valence-electron chi connectivity index (χ3n) is 7.80. The molecule has 1 aromatic carbocycles. The number of benzene rings is 1. The molecule has 0 aliphatic heterocycles. The third kappa shape index (κ3) is 6.11. The standard InChI is InChI=1S/C32H34N6O5/c1-32(2,31(42)36-25-13-10-20(11-14-26(39)40)30(35-25)43-4)37-29(41)21-9-12-22-24(17-21)38(3)28(23-18-33-15-16-34-23)27(22)19-7-5-6-8-19/h9-19H,5-8H2,1-4H3,(H,37,41)(H,39,40)(H,35,36,42)/b14-11+. The van der Waals surface area contributed by atoms with E-state index >= 15 is 0 Å². The summed E-state index contributed by atoms with van der Waals surface area (Å²) in [7, 11) is 3.38. The highest BCUT2D eigenvalue weighted by Crippen LogP contribution is 2.44. The molecule has 11 heteroatoms. The Labute approximate surface area is 249 Å². The Morgan fingerprint density at radius 1 is 1.12 bits per heavy atom. The number of carbonyl (C=O) groups is 3. The topological polar surface area (TPSA) is 148 Å². The smallest absolute Gasteiger partial charge is 0.328 e. The first-order chi connectivity index (χ1) is 20.6. The molecule has 1 aliphatic rings. The Kier molecular flexibility index (Phi) is 8.24. The summed E-state index contributed by atoms with van der Waals surface area (Å²) in [6.07, 6.45) is 12.0. The maximum atomic E-state index is 13.4. The highest BCUT2D eigenvalue weighted by atomic mass is 16.5. The molecule has 5 rings (SSSR count). The number of pyridine rings is 1. The molecule has 0 atom stereocenters. The summed E-state index contributed by atoms with van der Waals surface area (Å²) in [5.41, 5.74) is 3.52. The first-order valence-electron chi connectivity index (χ1n) is 14.1. The van der Waals surface area contributed by atoms with Crippen molar-refractivity contribution in [3.63, 3.8) is 0 Å². The summed E-state index contributed by atoms with van der Waals surface area (Å²) in [6.45, 7) is 3.21. The molecule has 1 aliphatic carbocycles. The lowest BCUT2D eigenvalue weighted by Gasteiger charge is -2.25. The highest BCUT2D eigenvalue weighted by molar-refractivity contribution is 6.05. The Morgan fingerprint density at radius 2 is 1.88 bits per heavy atom. The first-order valence-corrected chi connectivity index (χ1v) is 14.1. The molecule has 4 aromatic rings. The second-order valence-corrected chi connectivity index (χ2v) is 11.1. The third-order valence-corrected chi connectivity index (χ3v) is 7.80. The van der Waals surface area contributed by atoms with E-state index in [4.69, 9.17) is 9.84 Å². The van der Waals surface area contributed by atoms with Crippen LogP contribution in [0.15, 0.2) is 55.0 Å². The molecule has 3 heterocycles. The zero-order valence-electron chi connectivity index (χ0n) is 24.5. The number of hydrogen-bond donors (Lipinski definition) is 3. The van der Waals surface area contributed by atoms with Crippen LogP contribution in [0, 0.1) is 0 Å². The van der Waals surface area contributed by atoms with Crippen LogP contribution < -0.4 is 15.4 Å². The molecule has 3 N–H and O–H groups in total. The van der Waals surface area contributed by atoms with Crippen molar-refractivity contribution in [3.05, 3.63) is 71.7 Å². The number of aryl methyl sites for hydroxylation is 1. The number of nitrogens with zero attached hydrogens (tertiary/aromatic N) is 4. The van der Waals surface area contributed by atoms with Gasteiger partial charge in [0.1, 0.15) is 17.1 Å². The molecular formula is C32H34N6O5. The number of aliphatic carboxylic acids is 1. The van der Waals surface area contributed by atoms with E-state index in [0.717, 1.165) is 41.2 Å². The molecule has 1 saturated carbocycles. The van der Waals surface area contributed by atoms with Gasteiger partial charge in [0.2, 0.25) is 5.88 Å². The molecule has 0 saturated heterocycles. The first kappa shape index (κ1) is 29.4. The van der Waals surface area contributed by atoms with Gasteiger partial charge in [0.25, 0.3) is 11.8 Å². The molecule has 0 bridgehead atoms. The molecule has 11 nitrogen and oxygen atoms in total. The van der Waals surface area contributed by atoms with Gasteiger partial charge in [-0.1, -0.05) is 18.9 Å². The van der Waals surface area contributed by atoms with Gasteiger partial charge in [-0.3, -0.25) is 19.6 Å². The Hall–Kier alpha value is -5.06. The lowest BCUT2D eigenvalue weighted by molar-refractivity contribution is -0.131. The summed E-state index contributed by atoms with van der Waals surface area (Å²) in [4.78, 5) is 50.6. The maximum absolute atomic E-state index is 13.4. The number of rotatable bonds is 9. The van der Waals surface area contributed by atoms with E-state index < -0.39 is 23.3 Å². The van der Waals surface area contributed by atoms with Crippen LogP contribution in [0.3, 0.4) is 0 Å². The number of anilines is 1. The average Bonchev–Trinajstić information content (AvgIpc) is 3.62. The van der Waals surface area contributed by atoms with Crippen LogP contribution in [-0.2, 0) is 16.6 Å². The highest BCUT2D eigenvalue weighted by Gasteiger charge is 2.32. The predicted octanol–water partition coefficient (Wildman–Crippen LogP) is 4.94. The number of aromatic nitrogens is 4. The van der Waals surface area contributed by atoms with Gasteiger partial charge in [-0.05, 0) is 68.5 Å². The number of nitrogens with one attached hydrogen (secondary N) is 2. The number of hydrogen-bond acceptors (Lipinski definition) is 7. The second-order valence-electron chi connectivity index (χ2n) is 11.1. The van der Waals surface area contributed by atoms with E-state index in [1.165, 1.54) is 37.7 Å². The van der Waals surface area contributed by atoms with Crippen molar-refractivity contribution in [2.45, 2.75) is 51.0 Å². The average molecular weight is 583 g/mol. The molecule has 43 heavy (non-hydrogen) atoms. The van der Waals surface area contributed by atoms with Crippen molar-refractivity contribution >= 4 is 40.6 Å². The monoisotopic (exact) mass is 582 g/mol. The number of amides is 2. The van der Waals surface area contributed by atoms with Crippen molar-refractivity contribution in [3.8, 4) is 17.3 Å². The van der Waals surface area contributed by atoms with Gasteiger partial charge in [0, 0.05) is 47.5 Å². The zero-order valence-corrected chi connectivity index (χ0v) is 24.5. The Bertz CT molecular complexity index is 1720. The van der Waals surface area contributed by atoms with Gasteiger partial charge in [0.05, 0.1) is 19.0 Å². The van der Waals surface area contributed by atoms with E-state index in [-0.39, 0.29) is 11.7 Å². The van der Waals surface area contributed by atoms with Crippen LogP contribution in [0.1, 0.15) is 66.9 Å². The van der Waals surface area contributed by atoms with Gasteiger partial charge in [0.15, 0.2) is 0 Å². The predicted molar refractivity (Wildman–Crippen MR) is 163 cm³/mol. The van der Waals surface area contributed by atoms with Gasteiger partial charge in [-0.2, -0.15) is 4.98 Å². The number of fused-ring (bicyclic) bond motifs is 1. The van der Waals surface area contributed by atoms with E-state index in [2.05, 4.69) is 30.2 Å². The van der Waals surface area contributed by atoms with Gasteiger partial charge in [-0.25, -0.2) is 4.79 Å². The minimum Gasteiger partial charge on any atom is -0.481 e. The van der Waals surface area contributed by atoms with E-state index in [1.807, 2.05) is 19.2 Å². The van der Waals surface area contributed by atoms with Crippen LogP contribution in [0.5, 0.6) is 5.88 Å². The second kappa shape index (κ2) is 12.0. The molecular weight excluding hydrogens is 548 g/mol. The fraction of sp³-hybridized carbons (Fsp3) is 0.312. The fourth-order valence-electron chi connectivity index (χ4n) is 5.62. The number of methoxy groups -OCH3 is 1. The van der Waals surface area contributed by atoms with Gasteiger partial charge in [-0.15, -0.1) is 0 Å². The van der Waals surface area contributed by atoms with E-state index in [9.17, 15) is 14.4 Å². The molecule has 0 radical (unpaired) electrons. The van der Waals surface area contributed by atoms with Crippen molar-refractivity contribution in [2.24, 2.45) is 7.05 Å². The van der Waals surface area contributed by atoms with Crippen molar-refractivity contribution < 1.29 is 24.2 Å². The van der Waals surface area contributed by atoms with Crippen molar-refractivity contribution in [2.75, 3.05) is 12.4 Å². The summed E-state index contributed by atoms with van der Waals surface area (Å²) < 4.78 is 7.32. The Balaban J connectivity index is 1.39. The van der Waals surface area contributed by atoms with Crippen LogP contribution in [-0.4, -0.2) is 55.1 Å². The lowest BCUT2D eigenvalue weighted by Crippen LogP contribution is -2.52. The van der Waals surface area contributed by atoms with Crippen LogP contribution in [0.2, 0.25) is 0 Å². The van der Waals surface area contributed by atoms with Gasteiger partial charge >= 0.3 is 5.97 Å². The normalized spacial score (nSPS) is 13.9. The molecule has 2 amide bonds. The summed E-state index contributed by atoms with van der Waals surface area (Å²) >= 11 is 0. The van der Waals surface area contributed by atoms with E-state index in [1.54, 1.807) is 44.6 Å². The van der Waals surface area contributed by atoms with Crippen LogP contribution >= 0.6 is 0 Å². The molecule has 0 spiro atoms. The number of carboxylic acids is 1. The Morgan fingerprint density at radius 3 is 2.56 bits per heavy atom.